The molecule has 0 radical (unpaired) electrons. The van der Waals surface area contributed by atoms with Crippen LogP contribution in [0.3, 0.4) is 0 Å². The van der Waals surface area contributed by atoms with Crippen LogP contribution in [0.5, 0.6) is 0 Å². The molecule has 5 nitrogen and oxygen atoms in total. The van der Waals surface area contributed by atoms with Crippen LogP contribution in [0, 0.1) is 6.92 Å². The lowest BCUT2D eigenvalue weighted by Crippen LogP contribution is -2.31. The number of likely N-dealkylation sites (N-methyl/N-ethyl adjacent to an activating group) is 1. The van der Waals surface area contributed by atoms with Crippen LogP contribution < -0.4 is 5.32 Å². The van der Waals surface area contributed by atoms with Gasteiger partial charge in [0.1, 0.15) is 0 Å². The number of hydrogen-bond donors (Lipinski definition) is 2. The summed E-state index contributed by atoms with van der Waals surface area (Å²) in [6, 6.07) is 19.5. The van der Waals surface area contributed by atoms with Crippen molar-refractivity contribution >= 4 is 29.2 Å². The number of aromatic carboxylic acids is 1. The zero-order valence-electron chi connectivity index (χ0n) is 18.1. The molecule has 1 aliphatic rings. The Morgan fingerprint density at radius 3 is 2.69 bits per heavy atom. The largest absolute Gasteiger partial charge is 0.478 e. The number of carboxylic acid groups (broad SMARTS) is 1. The topological polar surface area (TPSA) is 69.6 Å². The highest BCUT2D eigenvalue weighted by Gasteiger charge is 2.24. The van der Waals surface area contributed by atoms with Crippen molar-refractivity contribution < 1.29 is 14.7 Å². The summed E-state index contributed by atoms with van der Waals surface area (Å²) >= 11 is 6.15. The highest BCUT2D eigenvalue weighted by Crippen LogP contribution is 2.33. The summed E-state index contributed by atoms with van der Waals surface area (Å²) in [6.07, 6.45) is 0.142. The molecular weight excluding hydrogens is 424 g/mol. The third-order valence-corrected chi connectivity index (χ3v) is 6.39. The molecule has 1 heterocycles. The number of anilines is 1. The number of fused-ring (bicyclic) bond motifs is 1. The van der Waals surface area contributed by atoms with Gasteiger partial charge in [-0.1, -0.05) is 60.1 Å². The fourth-order valence-corrected chi connectivity index (χ4v) is 4.54. The van der Waals surface area contributed by atoms with E-state index < -0.39 is 5.97 Å². The van der Waals surface area contributed by atoms with Crippen LogP contribution in [0.4, 0.5) is 5.69 Å². The van der Waals surface area contributed by atoms with Crippen molar-refractivity contribution in [2.45, 2.75) is 25.8 Å². The molecule has 2 N–H and O–H groups in total. The van der Waals surface area contributed by atoms with Crippen molar-refractivity contribution in [3.05, 3.63) is 99.1 Å². The van der Waals surface area contributed by atoms with Gasteiger partial charge in [-0.05, 0) is 53.9 Å². The minimum Gasteiger partial charge on any atom is -0.478 e. The summed E-state index contributed by atoms with van der Waals surface area (Å²) in [7, 11) is 2.12. The zero-order valence-corrected chi connectivity index (χ0v) is 18.8. The standard InChI is InChI=1S/C26H25ClN2O3/c1-16-23(27)11-10-21(26(31)32)25(16)28-24(30)13-17-6-5-8-18(12-17)22-15-29(2)14-19-7-3-4-9-20(19)22/h3-12,22H,13-15H2,1-2H3,(H,28,30)(H,31,32). The Labute approximate surface area is 192 Å². The van der Waals surface area contributed by atoms with Crippen molar-refractivity contribution in [3.8, 4) is 0 Å². The maximum absolute atomic E-state index is 12.8. The average molecular weight is 449 g/mol. The lowest BCUT2D eigenvalue weighted by molar-refractivity contribution is -0.115. The number of halogens is 1. The molecule has 1 atom stereocenters. The molecule has 4 rings (SSSR count). The van der Waals surface area contributed by atoms with E-state index in [0.29, 0.717) is 10.6 Å². The minimum atomic E-state index is -1.11. The van der Waals surface area contributed by atoms with E-state index in [0.717, 1.165) is 18.7 Å². The van der Waals surface area contributed by atoms with Gasteiger partial charge in [0.25, 0.3) is 0 Å². The Bertz CT molecular complexity index is 1190. The zero-order chi connectivity index (χ0) is 22.8. The predicted molar refractivity (Wildman–Crippen MR) is 127 cm³/mol. The van der Waals surface area contributed by atoms with Gasteiger partial charge in [0, 0.05) is 24.0 Å². The predicted octanol–water partition coefficient (Wildman–Crippen LogP) is 5.11. The first-order chi connectivity index (χ1) is 15.3. The molecule has 0 aliphatic carbocycles. The van der Waals surface area contributed by atoms with Crippen LogP contribution in [0.25, 0.3) is 0 Å². The monoisotopic (exact) mass is 448 g/mol. The van der Waals surface area contributed by atoms with E-state index in [4.69, 9.17) is 11.6 Å². The summed E-state index contributed by atoms with van der Waals surface area (Å²) in [4.78, 5) is 26.7. The second-order valence-electron chi connectivity index (χ2n) is 8.32. The number of rotatable bonds is 5. The minimum absolute atomic E-state index is 0.0239. The van der Waals surface area contributed by atoms with Crippen LogP contribution in [0.1, 0.15) is 44.1 Å². The average Bonchev–Trinajstić information content (AvgIpc) is 2.76. The van der Waals surface area contributed by atoms with Gasteiger partial charge in [-0.25, -0.2) is 4.79 Å². The maximum Gasteiger partial charge on any atom is 0.337 e. The van der Waals surface area contributed by atoms with Gasteiger partial charge < -0.3 is 15.3 Å². The summed E-state index contributed by atoms with van der Waals surface area (Å²) in [5.41, 5.74) is 5.50. The third kappa shape index (κ3) is 4.54. The van der Waals surface area contributed by atoms with Crippen LogP contribution >= 0.6 is 11.6 Å². The summed E-state index contributed by atoms with van der Waals surface area (Å²) in [5.74, 6) is -1.15. The Hall–Kier alpha value is -3.15. The molecule has 0 fully saturated rings. The van der Waals surface area contributed by atoms with Gasteiger partial charge in [0.2, 0.25) is 5.91 Å². The Balaban J connectivity index is 1.57. The Morgan fingerprint density at radius 1 is 1.12 bits per heavy atom. The summed E-state index contributed by atoms with van der Waals surface area (Å²) < 4.78 is 0. The smallest absolute Gasteiger partial charge is 0.337 e. The van der Waals surface area contributed by atoms with Crippen molar-refractivity contribution in [3.63, 3.8) is 0 Å². The maximum atomic E-state index is 12.8. The molecule has 3 aromatic rings. The number of benzene rings is 3. The second kappa shape index (κ2) is 9.15. The number of carbonyl (C=O) groups excluding carboxylic acids is 1. The molecule has 164 valence electrons. The molecule has 0 spiro atoms. The molecule has 0 bridgehead atoms. The van der Waals surface area contributed by atoms with Gasteiger partial charge in [0.15, 0.2) is 0 Å². The number of carboxylic acids is 1. The van der Waals surface area contributed by atoms with Gasteiger partial charge >= 0.3 is 5.97 Å². The van der Waals surface area contributed by atoms with Crippen LogP contribution in [-0.2, 0) is 17.8 Å². The molecule has 0 aromatic heterocycles. The quantitative estimate of drug-likeness (QED) is 0.569. The number of nitrogens with one attached hydrogen (secondary N) is 1. The highest BCUT2D eigenvalue weighted by atomic mass is 35.5. The van der Waals surface area contributed by atoms with Gasteiger partial charge in [-0.15, -0.1) is 0 Å². The van der Waals surface area contributed by atoms with E-state index in [2.05, 4.69) is 53.7 Å². The molecular formula is C26H25ClN2O3. The summed E-state index contributed by atoms with van der Waals surface area (Å²) in [6.45, 7) is 3.54. The van der Waals surface area contributed by atoms with E-state index in [-0.39, 0.29) is 29.5 Å². The molecule has 1 aliphatic heterocycles. The van der Waals surface area contributed by atoms with Crippen LogP contribution in [-0.4, -0.2) is 35.5 Å². The number of carbonyl (C=O) groups is 2. The molecule has 6 heteroatoms. The first kappa shape index (κ1) is 22.1. The van der Waals surface area contributed by atoms with Crippen LogP contribution in [0.15, 0.2) is 60.7 Å². The molecule has 0 saturated carbocycles. The van der Waals surface area contributed by atoms with Gasteiger partial charge in [0.05, 0.1) is 17.7 Å². The van der Waals surface area contributed by atoms with Crippen molar-refractivity contribution in [2.24, 2.45) is 0 Å². The van der Waals surface area contributed by atoms with E-state index >= 15 is 0 Å². The lowest BCUT2D eigenvalue weighted by atomic mass is 9.84. The first-order valence-corrected chi connectivity index (χ1v) is 10.9. The van der Waals surface area contributed by atoms with Gasteiger partial charge in [-0.3, -0.25) is 4.79 Å². The fourth-order valence-electron chi connectivity index (χ4n) is 4.38. The van der Waals surface area contributed by atoms with E-state index in [1.165, 1.54) is 28.8 Å². The SMILES string of the molecule is Cc1c(Cl)ccc(C(=O)O)c1NC(=O)Cc1cccc(C2CN(C)Cc3ccccc32)c1. The second-order valence-corrected chi connectivity index (χ2v) is 8.73. The fraction of sp³-hybridized carbons (Fsp3) is 0.231. The van der Waals surface area contributed by atoms with Crippen molar-refractivity contribution in [1.29, 1.82) is 0 Å². The van der Waals surface area contributed by atoms with E-state index in [1.54, 1.807) is 6.92 Å². The van der Waals surface area contributed by atoms with Gasteiger partial charge in [-0.2, -0.15) is 0 Å². The van der Waals surface area contributed by atoms with E-state index in [9.17, 15) is 14.7 Å². The third-order valence-electron chi connectivity index (χ3n) is 5.98. The van der Waals surface area contributed by atoms with Crippen molar-refractivity contribution in [2.75, 3.05) is 18.9 Å². The lowest BCUT2D eigenvalue weighted by Gasteiger charge is -2.32. The van der Waals surface area contributed by atoms with Crippen LogP contribution in [0.2, 0.25) is 5.02 Å². The number of nitrogens with zero attached hydrogens (tertiary/aromatic N) is 1. The Morgan fingerprint density at radius 2 is 1.91 bits per heavy atom. The molecule has 1 amide bonds. The first-order valence-electron chi connectivity index (χ1n) is 10.5. The number of hydrogen-bond acceptors (Lipinski definition) is 3. The number of amides is 1. The normalized spacial score (nSPS) is 15.8. The molecule has 3 aromatic carbocycles. The Kier molecular flexibility index (Phi) is 6.31. The van der Waals surface area contributed by atoms with Crippen molar-refractivity contribution in [1.82, 2.24) is 4.90 Å². The highest BCUT2D eigenvalue weighted by molar-refractivity contribution is 6.32. The van der Waals surface area contributed by atoms with E-state index in [1.807, 2.05) is 12.1 Å². The molecule has 1 unspecified atom stereocenters. The summed E-state index contributed by atoms with van der Waals surface area (Å²) in [5, 5.41) is 12.6. The molecule has 0 saturated heterocycles. The molecule has 32 heavy (non-hydrogen) atoms.